The highest BCUT2D eigenvalue weighted by molar-refractivity contribution is 5.68. The van der Waals surface area contributed by atoms with Crippen LogP contribution in [0.3, 0.4) is 0 Å². The molecule has 1 aliphatic heterocycles. The van der Waals surface area contributed by atoms with Crippen LogP contribution in [0.4, 0.5) is 4.79 Å². The van der Waals surface area contributed by atoms with Gasteiger partial charge in [0.15, 0.2) is 0 Å². The van der Waals surface area contributed by atoms with E-state index in [0.29, 0.717) is 44.4 Å². The third kappa shape index (κ3) is 3.21. The Hall–Kier alpha value is -2.33. The Balaban J connectivity index is 1.36. The van der Waals surface area contributed by atoms with Crippen LogP contribution in [0.5, 0.6) is 0 Å². The van der Waals surface area contributed by atoms with Gasteiger partial charge < -0.3 is 14.7 Å². The standard InChI is InChI=1S/C22H25NO3/c1-16-7-5-6-10-20(16)22(25)11-18-13-23(14-19(18)12-22)21(24)26-15-17-8-3-2-4-9-17/h2-10,18-19,25H,11-15H2,1H3/t18-,19+,22-. The van der Waals surface area contributed by atoms with Crippen molar-refractivity contribution in [1.82, 2.24) is 4.90 Å². The number of carbonyl (C=O) groups is 1. The number of carbonyl (C=O) groups excluding carboxylic acids is 1. The molecule has 136 valence electrons. The quantitative estimate of drug-likeness (QED) is 0.913. The normalized spacial score (nSPS) is 27.4. The van der Waals surface area contributed by atoms with Gasteiger partial charge in [-0.05, 0) is 48.3 Å². The van der Waals surface area contributed by atoms with E-state index in [4.69, 9.17) is 4.74 Å². The lowest BCUT2D eigenvalue weighted by atomic mass is 9.87. The molecule has 1 aliphatic carbocycles. The predicted octanol–water partition coefficient (Wildman–Crippen LogP) is 3.86. The number of hydrogen-bond acceptors (Lipinski definition) is 3. The maximum absolute atomic E-state index is 12.4. The summed E-state index contributed by atoms with van der Waals surface area (Å²) in [4.78, 5) is 14.2. The second kappa shape index (κ2) is 6.76. The lowest BCUT2D eigenvalue weighted by Crippen LogP contribution is -2.33. The van der Waals surface area contributed by atoms with Gasteiger partial charge in [-0.1, -0.05) is 54.6 Å². The average molecular weight is 351 g/mol. The number of hydrogen-bond donors (Lipinski definition) is 1. The third-order valence-electron chi connectivity index (χ3n) is 5.89. The maximum atomic E-state index is 12.4. The molecule has 26 heavy (non-hydrogen) atoms. The van der Waals surface area contributed by atoms with E-state index in [0.717, 1.165) is 16.7 Å². The summed E-state index contributed by atoms with van der Waals surface area (Å²) in [7, 11) is 0. The summed E-state index contributed by atoms with van der Waals surface area (Å²) in [5.41, 5.74) is 2.40. The lowest BCUT2D eigenvalue weighted by Gasteiger charge is -2.27. The molecule has 2 aliphatic rings. The van der Waals surface area contributed by atoms with Crippen LogP contribution in [-0.4, -0.2) is 29.2 Å². The number of aliphatic hydroxyl groups is 1. The van der Waals surface area contributed by atoms with Gasteiger partial charge in [-0.2, -0.15) is 0 Å². The van der Waals surface area contributed by atoms with E-state index in [1.807, 2.05) is 48.5 Å². The van der Waals surface area contributed by atoms with Gasteiger partial charge >= 0.3 is 6.09 Å². The molecule has 1 N–H and O–H groups in total. The summed E-state index contributed by atoms with van der Waals surface area (Å²) in [5.74, 6) is 0.674. The molecule has 0 bridgehead atoms. The molecule has 1 saturated heterocycles. The Morgan fingerprint density at radius 1 is 1.08 bits per heavy atom. The van der Waals surface area contributed by atoms with Crippen LogP contribution < -0.4 is 0 Å². The Bertz CT molecular complexity index is 775. The molecule has 2 fully saturated rings. The molecule has 0 aromatic heterocycles. The largest absolute Gasteiger partial charge is 0.445 e. The number of benzene rings is 2. The molecule has 2 aromatic rings. The second-order valence-electron chi connectivity index (χ2n) is 7.72. The lowest BCUT2D eigenvalue weighted by molar-refractivity contribution is 0.0292. The summed E-state index contributed by atoms with van der Waals surface area (Å²) in [6, 6.07) is 17.8. The molecule has 2 aromatic carbocycles. The molecular weight excluding hydrogens is 326 g/mol. The Morgan fingerprint density at radius 3 is 2.35 bits per heavy atom. The Kier molecular flexibility index (Phi) is 4.45. The van der Waals surface area contributed by atoms with E-state index in [9.17, 15) is 9.90 Å². The number of rotatable bonds is 3. The first-order valence-electron chi connectivity index (χ1n) is 9.29. The Labute approximate surface area is 154 Å². The summed E-state index contributed by atoms with van der Waals surface area (Å²) in [6.45, 7) is 3.70. The first-order chi connectivity index (χ1) is 12.5. The van der Waals surface area contributed by atoms with Crippen LogP contribution in [0.1, 0.15) is 29.5 Å². The number of amides is 1. The summed E-state index contributed by atoms with van der Waals surface area (Å²) < 4.78 is 5.46. The first-order valence-corrected chi connectivity index (χ1v) is 9.29. The topological polar surface area (TPSA) is 49.8 Å². The first kappa shape index (κ1) is 17.1. The minimum Gasteiger partial charge on any atom is -0.445 e. The highest BCUT2D eigenvalue weighted by atomic mass is 16.6. The van der Waals surface area contributed by atoms with Crippen LogP contribution >= 0.6 is 0 Å². The second-order valence-corrected chi connectivity index (χ2v) is 7.72. The fourth-order valence-corrected chi connectivity index (χ4v) is 4.63. The molecule has 1 heterocycles. The fourth-order valence-electron chi connectivity index (χ4n) is 4.63. The van der Waals surface area contributed by atoms with Crippen molar-refractivity contribution >= 4 is 6.09 Å². The van der Waals surface area contributed by atoms with E-state index in [-0.39, 0.29) is 6.09 Å². The van der Waals surface area contributed by atoms with Gasteiger partial charge in [0.25, 0.3) is 0 Å². The minimum absolute atomic E-state index is 0.248. The van der Waals surface area contributed by atoms with E-state index < -0.39 is 5.60 Å². The molecule has 4 nitrogen and oxygen atoms in total. The van der Waals surface area contributed by atoms with Crippen molar-refractivity contribution in [2.24, 2.45) is 11.8 Å². The highest BCUT2D eigenvalue weighted by Gasteiger charge is 2.50. The van der Waals surface area contributed by atoms with Crippen molar-refractivity contribution in [3.05, 3.63) is 71.3 Å². The fraction of sp³-hybridized carbons (Fsp3) is 0.409. The zero-order chi connectivity index (χ0) is 18.1. The number of aryl methyl sites for hydroxylation is 1. The van der Waals surface area contributed by atoms with Crippen LogP contribution in [0.2, 0.25) is 0 Å². The maximum Gasteiger partial charge on any atom is 0.410 e. The van der Waals surface area contributed by atoms with E-state index in [1.54, 1.807) is 4.90 Å². The molecule has 0 spiro atoms. The number of nitrogens with zero attached hydrogens (tertiary/aromatic N) is 1. The van der Waals surface area contributed by atoms with Crippen molar-refractivity contribution in [2.75, 3.05) is 13.1 Å². The average Bonchev–Trinajstić information content (AvgIpc) is 3.16. The van der Waals surface area contributed by atoms with Gasteiger partial charge in [-0.25, -0.2) is 4.79 Å². The molecule has 1 saturated carbocycles. The van der Waals surface area contributed by atoms with Crippen LogP contribution in [-0.2, 0) is 16.9 Å². The molecule has 4 heteroatoms. The van der Waals surface area contributed by atoms with E-state index in [1.165, 1.54) is 0 Å². The predicted molar refractivity (Wildman–Crippen MR) is 99.5 cm³/mol. The van der Waals surface area contributed by atoms with Crippen molar-refractivity contribution < 1.29 is 14.6 Å². The van der Waals surface area contributed by atoms with Gasteiger partial charge in [-0.3, -0.25) is 0 Å². The summed E-state index contributed by atoms with van der Waals surface area (Å²) in [5, 5.41) is 11.2. The monoisotopic (exact) mass is 351 g/mol. The summed E-state index contributed by atoms with van der Waals surface area (Å²) >= 11 is 0. The number of likely N-dealkylation sites (tertiary alicyclic amines) is 1. The van der Waals surface area contributed by atoms with Crippen LogP contribution in [0, 0.1) is 18.8 Å². The molecule has 0 radical (unpaired) electrons. The zero-order valence-corrected chi connectivity index (χ0v) is 15.1. The van der Waals surface area contributed by atoms with E-state index in [2.05, 4.69) is 13.0 Å². The van der Waals surface area contributed by atoms with Crippen molar-refractivity contribution in [3.63, 3.8) is 0 Å². The SMILES string of the molecule is Cc1ccccc1[C@]1(O)C[C@H]2CN(C(=O)OCc3ccccc3)C[C@H]2C1. The van der Waals surface area contributed by atoms with Gasteiger partial charge in [-0.15, -0.1) is 0 Å². The Morgan fingerprint density at radius 2 is 1.69 bits per heavy atom. The molecule has 1 amide bonds. The summed E-state index contributed by atoms with van der Waals surface area (Å²) in [6.07, 6.45) is 1.18. The molecule has 0 unspecified atom stereocenters. The molecule has 3 atom stereocenters. The van der Waals surface area contributed by atoms with Gasteiger partial charge in [0, 0.05) is 13.1 Å². The van der Waals surface area contributed by atoms with Crippen LogP contribution in [0.15, 0.2) is 54.6 Å². The third-order valence-corrected chi connectivity index (χ3v) is 5.89. The number of ether oxygens (including phenoxy) is 1. The van der Waals surface area contributed by atoms with Crippen molar-refractivity contribution in [2.45, 2.75) is 32.0 Å². The highest BCUT2D eigenvalue weighted by Crippen LogP contribution is 2.49. The smallest absolute Gasteiger partial charge is 0.410 e. The van der Waals surface area contributed by atoms with E-state index >= 15 is 0 Å². The molecular formula is C22H25NO3. The van der Waals surface area contributed by atoms with Gasteiger partial charge in [0.1, 0.15) is 6.61 Å². The van der Waals surface area contributed by atoms with Gasteiger partial charge in [0.2, 0.25) is 0 Å². The number of fused-ring (bicyclic) bond motifs is 1. The van der Waals surface area contributed by atoms with Gasteiger partial charge in [0.05, 0.1) is 5.60 Å². The molecule has 4 rings (SSSR count). The van der Waals surface area contributed by atoms with Crippen LogP contribution in [0.25, 0.3) is 0 Å². The minimum atomic E-state index is -0.763. The van der Waals surface area contributed by atoms with Crippen molar-refractivity contribution in [1.29, 1.82) is 0 Å². The zero-order valence-electron chi connectivity index (χ0n) is 15.1. The van der Waals surface area contributed by atoms with Crippen molar-refractivity contribution in [3.8, 4) is 0 Å².